The van der Waals surface area contributed by atoms with E-state index in [1.54, 1.807) is 6.92 Å². The van der Waals surface area contributed by atoms with Crippen LogP contribution in [0.15, 0.2) is 23.1 Å². The van der Waals surface area contributed by atoms with E-state index in [1.165, 1.54) is 18.2 Å². The molecule has 0 aromatic heterocycles. The van der Waals surface area contributed by atoms with E-state index in [0.29, 0.717) is 6.42 Å². The third kappa shape index (κ3) is 3.48. The van der Waals surface area contributed by atoms with Crippen LogP contribution >= 0.6 is 11.6 Å². The summed E-state index contributed by atoms with van der Waals surface area (Å²) >= 11 is 5.79. The van der Waals surface area contributed by atoms with Crippen LogP contribution in [0.4, 0.5) is 0 Å². The van der Waals surface area contributed by atoms with Crippen LogP contribution < -0.4 is 4.72 Å². The molecular formula is C12H11ClN2O2S. The van der Waals surface area contributed by atoms with E-state index in [4.69, 9.17) is 23.3 Å². The zero-order valence-corrected chi connectivity index (χ0v) is 11.2. The smallest absolute Gasteiger partial charge is 0.207 e. The summed E-state index contributed by atoms with van der Waals surface area (Å²) in [5.41, 5.74) is 0.229. The summed E-state index contributed by atoms with van der Waals surface area (Å²) in [6.07, 6.45) is 5.40. The fraction of sp³-hybridized carbons (Fsp3) is 0.250. The molecule has 1 N–H and O–H groups in total. The Morgan fingerprint density at radius 3 is 2.72 bits per heavy atom. The number of nitrogens with zero attached hydrogens (tertiary/aromatic N) is 1. The molecule has 94 valence electrons. The van der Waals surface area contributed by atoms with Crippen LogP contribution in [0.2, 0.25) is 5.02 Å². The summed E-state index contributed by atoms with van der Waals surface area (Å²) in [7, 11) is -3.67. The van der Waals surface area contributed by atoms with Gasteiger partial charge in [0, 0.05) is 12.5 Å². The first-order chi connectivity index (χ1) is 8.40. The molecule has 1 rings (SSSR count). The summed E-state index contributed by atoms with van der Waals surface area (Å²) in [4.78, 5) is 0.00960. The lowest BCUT2D eigenvalue weighted by Gasteiger charge is -2.12. The topological polar surface area (TPSA) is 70.0 Å². The Morgan fingerprint density at radius 2 is 2.22 bits per heavy atom. The largest absolute Gasteiger partial charge is 0.240 e. The number of terminal acetylenes is 1. The molecule has 0 radical (unpaired) electrons. The van der Waals surface area contributed by atoms with Crippen molar-refractivity contribution in [2.75, 3.05) is 0 Å². The molecule has 4 nitrogen and oxygen atoms in total. The third-order valence-corrected chi connectivity index (χ3v) is 4.05. The maximum Gasteiger partial charge on any atom is 0.240 e. The number of rotatable bonds is 4. The summed E-state index contributed by atoms with van der Waals surface area (Å²) in [6, 6.07) is 5.43. The fourth-order valence-electron chi connectivity index (χ4n) is 1.31. The van der Waals surface area contributed by atoms with Crippen LogP contribution in [-0.2, 0) is 10.0 Å². The molecule has 1 aromatic rings. The highest BCUT2D eigenvalue weighted by Gasteiger charge is 2.18. The van der Waals surface area contributed by atoms with Crippen molar-refractivity contribution in [3.8, 4) is 18.4 Å². The molecule has 1 atom stereocenters. The highest BCUT2D eigenvalue weighted by molar-refractivity contribution is 7.89. The van der Waals surface area contributed by atoms with Gasteiger partial charge in [0.1, 0.15) is 6.07 Å². The zero-order chi connectivity index (χ0) is 13.8. The molecule has 0 bridgehead atoms. The van der Waals surface area contributed by atoms with Crippen molar-refractivity contribution in [2.24, 2.45) is 0 Å². The second-order valence-corrected chi connectivity index (χ2v) is 5.81. The second-order valence-electron chi connectivity index (χ2n) is 3.68. The average Bonchev–Trinajstić information content (AvgIpc) is 2.28. The fourth-order valence-corrected chi connectivity index (χ4v) is 2.86. The van der Waals surface area contributed by atoms with Crippen molar-refractivity contribution >= 4 is 21.6 Å². The van der Waals surface area contributed by atoms with Crippen molar-refractivity contribution in [1.82, 2.24) is 4.72 Å². The van der Waals surface area contributed by atoms with Gasteiger partial charge in [-0.05, 0) is 25.1 Å². The van der Waals surface area contributed by atoms with E-state index in [1.807, 2.05) is 6.07 Å². The Balaban J connectivity index is 3.04. The van der Waals surface area contributed by atoms with E-state index >= 15 is 0 Å². The van der Waals surface area contributed by atoms with Crippen molar-refractivity contribution in [3.05, 3.63) is 28.8 Å². The van der Waals surface area contributed by atoms with Gasteiger partial charge in [-0.2, -0.15) is 5.26 Å². The number of halogens is 1. The lowest BCUT2D eigenvalue weighted by molar-refractivity contribution is 0.563. The summed E-state index contributed by atoms with van der Waals surface area (Å²) in [5.74, 6) is 2.38. The number of hydrogen-bond donors (Lipinski definition) is 1. The first kappa shape index (κ1) is 14.5. The molecule has 6 heteroatoms. The first-order valence-electron chi connectivity index (χ1n) is 5.06. The third-order valence-electron chi connectivity index (χ3n) is 2.15. The highest BCUT2D eigenvalue weighted by Crippen LogP contribution is 2.20. The Hall–Kier alpha value is -1.53. The van der Waals surface area contributed by atoms with Gasteiger partial charge in [0.15, 0.2) is 0 Å². The quantitative estimate of drug-likeness (QED) is 0.858. The Kier molecular flexibility index (Phi) is 4.75. The molecule has 1 aromatic carbocycles. The van der Waals surface area contributed by atoms with Crippen molar-refractivity contribution in [3.63, 3.8) is 0 Å². The molecule has 1 unspecified atom stereocenters. The molecule has 0 amide bonds. The molecule has 0 fully saturated rings. The van der Waals surface area contributed by atoms with Crippen molar-refractivity contribution < 1.29 is 8.42 Å². The van der Waals surface area contributed by atoms with Crippen molar-refractivity contribution in [1.29, 1.82) is 5.26 Å². The lowest BCUT2D eigenvalue weighted by Crippen LogP contribution is -2.32. The molecule has 0 spiro atoms. The molecule has 18 heavy (non-hydrogen) atoms. The summed E-state index contributed by atoms with van der Waals surface area (Å²) in [5, 5.41) is 8.81. The molecule has 0 aliphatic heterocycles. The van der Waals surface area contributed by atoms with Gasteiger partial charge in [0.05, 0.1) is 15.5 Å². The minimum absolute atomic E-state index is 0.00960. The highest BCUT2D eigenvalue weighted by atomic mass is 35.5. The van der Waals surface area contributed by atoms with Crippen LogP contribution in [-0.4, -0.2) is 14.5 Å². The number of nitriles is 1. The van der Waals surface area contributed by atoms with Crippen LogP contribution in [0.5, 0.6) is 0 Å². The zero-order valence-electron chi connectivity index (χ0n) is 9.64. The first-order valence-corrected chi connectivity index (χ1v) is 6.92. The molecule has 0 saturated heterocycles. The predicted octanol–water partition coefficient (Wildman–Crippen LogP) is 1.90. The number of hydrogen-bond acceptors (Lipinski definition) is 3. The Morgan fingerprint density at radius 1 is 1.56 bits per heavy atom. The SMILES string of the molecule is C#CCC(C)NS(=O)(=O)c1ccc(C#N)c(Cl)c1. The van der Waals surface area contributed by atoms with Gasteiger partial charge in [0.2, 0.25) is 10.0 Å². The van der Waals surface area contributed by atoms with E-state index in [9.17, 15) is 8.42 Å². The summed E-state index contributed by atoms with van der Waals surface area (Å²) in [6.45, 7) is 1.67. The maximum absolute atomic E-state index is 11.9. The number of benzene rings is 1. The molecule has 0 saturated carbocycles. The van der Waals surface area contributed by atoms with E-state index in [-0.39, 0.29) is 21.5 Å². The molecular weight excluding hydrogens is 272 g/mol. The molecule has 0 aliphatic rings. The van der Waals surface area contributed by atoms with Crippen LogP contribution in [0, 0.1) is 23.7 Å². The monoisotopic (exact) mass is 282 g/mol. The molecule has 0 aliphatic carbocycles. The van der Waals surface area contributed by atoms with Crippen LogP contribution in [0.1, 0.15) is 18.9 Å². The van der Waals surface area contributed by atoms with E-state index in [2.05, 4.69) is 10.6 Å². The van der Waals surface area contributed by atoms with Gasteiger partial charge in [-0.1, -0.05) is 11.6 Å². The number of nitrogens with one attached hydrogen (secondary N) is 1. The van der Waals surface area contributed by atoms with Crippen LogP contribution in [0.25, 0.3) is 0 Å². The minimum Gasteiger partial charge on any atom is -0.207 e. The minimum atomic E-state index is -3.67. The lowest BCUT2D eigenvalue weighted by atomic mass is 10.2. The van der Waals surface area contributed by atoms with Gasteiger partial charge in [-0.15, -0.1) is 12.3 Å². The van der Waals surface area contributed by atoms with Gasteiger partial charge >= 0.3 is 0 Å². The maximum atomic E-state index is 11.9. The van der Waals surface area contributed by atoms with Crippen molar-refractivity contribution in [2.45, 2.75) is 24.3 Å². The van der Waals surface area contributed by atoms with Gasteiger partial charge in [-0.3, -0.25) is 0 Å². The number of sulfonamides is 1. The Bertz CT molecular complexity index is 626. The average molecular weight is 283 g/mol. The second kappa shape index (κ2) is 5.88. The van der Waals surface area contributed by atoms with Gasteiger partial charge < -0.3 is 0 Å². The normalized spacial score (nSPS) is 12.4. The predicted molar refractivity (Wildman–Crippen MR) is 69.4 cm³/mol. The summed E-state index contributed by atoms with van der Waals surface area (Å²) < 4.78 is 26.3. The molecule has 0 heterocycles. The Labute approximate surface area is 112 Å². The standard InChI is InChI=1S/C12H11ClN2O2S/c1-3-4-9(2)15-18(16,17)11-6-5-10(8-14)12(13)7-11/h1,5-7,9,15H,4H2,2H3. The van der Waals surface area contributed by atoms with E-state index in [0.717, 1.165) is 0 Å². The van der Waals surface area contributed by atoms with Gasteiger partial charge in [0.25, 0.3) is 0 Å². The van der Waals surface area contributed by atoms with Gasteiger partial charge in [-0.25, -0.2) is 13.1 Å². The van der Waals surface area contributed by atoms with Crippen LogP contribution in [0.3, 0.4) is 0 Å². The van der Waals surface area contributed by atoms with E-state index < -0.39 is 10.0 Å².